The second-order valence-corrected chi connectivity index (χ2v) is 9.59. The van der Waals surface area contributed by atoms with Crippen molar-refractivity contribution in [3.05, 3.63) is 102 Å². The quantitative estimate of drug-likeness (QED) is 0.247. The van der Waals surface area contributed by atoms with Crippen molar-refractivity contribution in [2.24, 2.45) is 0 Å². The van der Waals surface area contributed by atoms with E-state index in [1.165, 1.54) is 6.07 Å². The minimum absolute atomic E-state index is 0. The summed E-state index contributed by atoms with van der Waals surface area (Å²) < 4.78 is 28.2. The lowest BCUT2D eigenvalue weighted by Crippen LogP contribution is -2.30. The third kappa shape index (κ3) is 6.86. The monoisotopic (exact) mass is 512 g/mol. The fourth-order valence-corrected chi connectivity index (χ4v) is 4.28. The molecule has 0 aliphatic rings. The number of nitrogens with two attached hydrogens (primary N) is 1. The molecule has 5 nitrogen and oxygen atoms in total. The Balaban J connectivity index is 0.00000361. The zero-order chi connectivity index (χ0) is 24.8. The molecule has 1 unspecified atom stereocenters. The minimum Gasteiger partial charge on any atom is -0.396 e. The van der Waals surface area contributed by atoms with Crippen LogP contribution in [0.3, 0.4) is 0 Å². The van der Waals surface area contributed by atoms with E-state index in [-0.39, 0.29) is 31.2 Å². The molecule has 0 radical (unpaired) electrons. The van der Waals surface area contributed by atoms with Crippen molar-refractivity contribution >= 4 is 29.0 Å². The average Bonchev–Trinajstić information content (AvgIpc) is 3.18. The lowest BCUT2D eigenvalue weighted by Gasteiger charge is -2.28. The molecule has 0 spiro atoms. The molecule has 0 bridgehead atoms. The molecule has 0 saturated heterocycles. The highest BCUT2D eigenvalue weighted by atomic mass is 35.5. The second-order valence-electron chi connectivity index (χ2n) is 9.59. The maximum absolute atomic E-state index is 14.4. The molecule has 4 rings (SSSR count). The molecule has 0 aliphatic carbocycles. The van der Waals surface area contributed by atoms with Crippen molar-refractivity contribution in [1.82, 2.24) is 4.57 Å². The van der Waals surface area contributed by atoms with Gasteiger partial charge >= 0.3 is 0 Å². The number of halogens is 2. The van der Waals surface area contributed by atoms with Crippen LogP contribution in [0.2, 0.25) is 0 Å². The van der Waals surface area contributed by atoms with Crippen LogP contribution >= 0.6 is 12.4 Å². The molecule has 1 atom stereocenters. The number of rotatable bonds is 11. The molecular weight excluding hydrogens is 479 g/mol. The third-order valence-corrected chi connectivity index (χ3v) is 6.10. The predicted octanol–water partition coefficient (Wildman–Crippen LogP) is 5.86. The first kappa shape index (κ1) is 27.7. The number of hydrogen-bond donors (Lipinski definition) is 2. The van der Waals surface area contributed by atoms with E-state index < -0.39 is 17.3 Å². The lowest BCUT2D eigenvalue weighted by atomic mass is 9.90. The summed E-state index contributed by atoms with van der Waals surface area (Å²) in [4.78, 5) is 0. The van der Waals surface area contributed by atoms with Crippen LogP contribution in [-0.4, -0.2) is 29.0 Å². The molecule has 3 aromatic carbocycles. The minimum atomic E-state index is -0.769. The molecular formula is C29H34ClFN2O3. The number of nitrogens with zero attached hydrogens (tertiary/aromatic N) is 1. The maximum atomic E-state index is 14.4. The number of ether oxygens (including phenoxy) is 2. The van der Waals surface area contributed by atoms with Crippen LogP contribution in [0, 0.1) is 5.82 Å². The van der Waals surface area contributed by atoms with Crippen molar-refractivity contribution in [1.29, 1.82) is 0 Å². The van der Waals surface area contributed by atoms with E-state index in [0.717, 1.165) is 22.2 Å². The van der Waals surface area contributed by atoms with E-state index in [2.05, 4.69) is 13.8 Å². The molecule has 1 heterocycles. The van der Waals surface area contributed by atoms with E-state index in [9.17, 15) is 9.50 Å². The zero-order valence-corrected chi connectivity index (χ0v) is 21.5. The Labute approximate surface area is 218 Å². The fraction of sp³-hybridized carbons (Fsp3) is 0.310. The van der Waals surface area contributed by atoms with Gasteiger partial charge in [-0.15, -0.1) is 12.4 Å². The number of hydrogen-bond acceptors (Lipinski definition) is 4. The summed E-state index contributed by atoms with van der Waals surface area (Å²) in [7, 11) is 0. The van der Waals surface area contributed by atoms with Gasteiger partial charge in [0.2, 0.25) is 0 Å². The Morgan fingerprint density at radius 3 is 2.11 bits per heavy atom. The van der Waals surface area contributed by atoms with Crippen molar-refractivity contribution in [3.63, 3.8) is 0 Å². The normalized spacial score (nSPS) is 12.4. The standard InChI is InChI=1S/C29H33FN2O3.ClH/c1-29(2,20-35-18-22-11-7-4-8-12-22)28-14-23-13-26(31)25(30)15-27(23)32(28)16-24(33)19-34-17-21-9-5-3-6-10-21;/h3-15,24,33H,16-20,31H2,1-2H3;1H. The van der Waals surface area contributed by atoms with E-state index in [4.69, 9.17) is 15.2 Å². The Hall–Kier alpha value is -2.90. The summed E-state index contributed by atoms with van der Waals surface area (Å²) in [5, 5.41) is 11.6. The Bertz CT molecular complexity index is 1250. The molecule has 0 aliphatic heterocycles. The van der Waals surface area contributed by atoms with Crippen molar-refractivity contribution in [3.8, 4) is 0 Å². The number of fused-ring (bicyclic) bond motifs is 1. The zero-order valence-electron chi connectivity index (χ0n) is 20.7. The van der Waals surface area contributed by atoms with Gasteiger partial charge < -0.3 is 24.9 Å². The number of benzene rings is 3. The highest BCUT2D eigenvalue weighted by Gasteiger charge is 2.28. The van der Waals surface area contributed by atoms with Gasteiger partial charge in [0, 0.05) is 22.6 Å². The summed E-state index contributed by atoms with van der Waals surface area (Å²) >= 11 is 0. The van der Waals surface area contributed by atoms with E-state index in [0.29, 0.717) is 25.3 Å². The van der Waals surface area contributed by atoms with E-state index in [1.54, 1.807) is 6.07 Å². The smallest absolute Gasteiger partial charge is 0.148 e. The Morgan fingerprint density at radius 1 is 0.917 bits per heavy atom. The van der Waals surface area contributed by atoms with Crippen LogP contribution < -0.4 is 5.73 Å². The van der Waals surface area contributed by atoms with Crippen LogP contribution in [-0.2, 0) is 34.6 Å². The SMILES string of the molecule is CC(C)(COCc1ccccc1)c1cc2cc(N)c(F)cc2n1CC(O)COCc1ccccc1.Cl. The van der Waals surface area contributed by atoms with Gasteiger partial charge in [0.1, 0.15) is 5.82 Å². The molecule has 36 heavy (non-hydrogen) atoms. The van der Waals surface area contributed by atoms with Gasteiger partial charge in [0.05, 0.1) is 50.3 Å². The van der Waals surface area contributed by atoms with Gasteiger partial charge in [-0.05, 0) is 23.3 Å². The van der Waals surface area contributed by atoms with Gasteiger partial charge in [-0.3, -0.25) is 0 Å². The molecule has 192 valence electrons. The summed E-state index contributed by atoms with van der Waals surface area (Å²) in [5.74, 6) is -0.476. The summed E-state index contributed by atoms with van der Waals surface area (Å²) in [6.07, 6.45) is -0.769. The lowest BCUT2D eigenvalue weighted by molar-refractivity contribution is 0.0195. The van der Waals surface area contributed by atoms with Gasteiger partial charge in [-0.1, -0.05) is 74.5 Å². The number of aliphatic hydroxyl groups excluding tert-OH is 1. The molecule has 0 saturated carbocycles. The average molecular weight is 513 g/mol. The number of aromatic nitrogens is 1. The Morgan fingerprint density at radius 2 is 1.50 bits per heavy atom. The van der Waals surface area contributed by atoms with Crippen LogP contribution in [0.25, 0.3) is 10.9 Å². The van der Waals surface area contributed by atoms with Gasteiger partial charge in [0.15, 0.2) is 0 Å². The molecule has 0 amide bonds. The number of aliphatic hydroxyl groups is 1. The summed E-state index contributed by atoms with van der Waals surface area (Å²) in [5.41, 5.74) is 9.31. The predicted molar refractivity (Wildman–Crippen MR) is 145 cm³/mol. The van der Waals surface area contributed by atoms with Crippen LogP contribution in [0.5, 0.6) is 0 Å². The maximum Gasteiger partial charge on any atom is 0.148 e. The van der Waals surface area contributed by atoms with Crippen LogP contribution in [0.4, 0.5) is 10.1 Å². The van der Waals surface area contributed by atoms with Gasteiger partial charge in [0.25, 0.3) is 0 Å². The molecule has 3 N–H and O–H groups in total. The summed E-state index contributed by atoms with van der Waals surface area (Å²) in [6.45, 7) is 5.97. The van der Waals surface area contributed by atoms with E-state index in [1.807, 2.05) is 71.3 Å². The van der Waals surface area contributed by atoms with Crippen LogP contribution in [0.1, 0.15) is 30.7 Å². The van der Waals surface area contributed by atoms with E-state index >= 15 is 0 Å². The first-order valence-electron chi connectivity index (χ1n) is 11.8. The number of nitrogen functional groups attached to an aromatic ring is 1. The van der Waals surface area contributed by atoms with Crippen LogP contribution in [0.15, 0.2) is 78.9 Å². The number of anilines is 1. The van der Waals surface area contributed by atoms with Gasteiger partial charge in [-0.2, -0.15) is 0 Å². The first-order chi connectivity index (χ1) is 16.8. The topological polar surface area (TPSA) is 69.6 Å². The fourth-order valence-electron chi connectivity index (χ4n) is 4.28. The van der Waals surface area contributed by atoms with Crippen molar-refractivity contribution in [2.45, 2.75) is 45.1 Å². The highest BCUT2D eigenvalue weighted by molar-refractivity contribution is 5.85. The van der Waals surface area contributed by atoms with Crippen molar-refractivity contribution in [2.75, 3.05) is 18.9 Å². The largest absolute Gasteiger partial charge is 0.396 e. The highest BCUT2D eigenvalue weighted by Crippen LogP contribution is 2.33. The molecule has 0 fully saturated rings. The van der Waals surface area contributed by atoms with Gasteiger partial charge in [-0.25, -0.2) is 4.39 Å². The third-order valence-electron chi connectivity index (χ3n) is 6.10. The van der Waals surface area contributed by atoms with Crippen molar-refractivity contribution < 1.29 is 19.0 Å². The Kier molecular flexibility index (Phi) is 9.51. The molecule has 1 aromatic heterocycles. The first-order valence-corrected chi connectivity index (χ1v) is 11.8. The second kappa shape index (κ2) is 12.4. The molecule has 7 heteroatoms. The summed E-state index contributed by atoms with van der Waals surface area (Å²) in [6, 6.07) is 24.9. The molecule has 4 aromatic rings.